The van der Waals surface area contributed by atoms with Gasteiger partial charge in [0.05, 0.1) is 23.4 Å². The first kappa shape index (κ1) is 23.7. The predicted molar refractivity (Wildman–Crippen MR) is 135 cm³/mol. The van der Waals surface area contributed by atoms with Gasteiger partial charge in [0.1, 0.15) is 22.1 Å². The van der Waals surface area contributed by atoms with Crippen LogP contribution in [0.1, 0.15) is 35.6 Å². The van der Waals surface area contributed by atoms with Crippen molar-refractivity contribution in [3.8, 4) is 5.69 Å². The van der Waals surface area contributed by atoms with E-state index >= 15 is 0 Å². The fourth-order valence-electron chi connectivity index (χ4n) is 4.08. The van der Waals surface area contributed by atoms with Crippen molar-refractivity contribution in [2.75, 3.05) is 24.3 Å². The number of para-hydroxylation sites is 1. The minimum Gasteiger partial charge on any atom is -0.462 e. The first-order valence-corrected chi connectivity index (χ1v) is 12.8. The van der Waals surface area contributed by atoms with Gasteiger partial charge in [0.25, 0.3) is 5.56 Å². The first-order valence-electron chi connectivity index (χ1n) is 10.8. The number of fused-ring (bicyclic) bond motifs is 1. The number of carbonyl (C=O) groups excluding carboxylic acids is 1. The summed E-state index contributed by atoms with van der Waals surface area (Å²) in [6.45, 7) is 2.48. The summed E-state index contributed by atoms with van der Waals surface area (Å²) in [5.74, 6) is 0.234. The van der Waals surface area contributed by atoms with Gasteiger partial charge in [-0.2, -0.15) is 5.10 Å². The third-order valence-electron chi connectivity index (χ3n) is 5.75. The summed E-state index contributed by atoms with van der Waals surface area (Å²) in [5, 5.41) is 5.52. The number of esters is 1. The number of hydrogen-bond donors (Lipinski definition) is 0. The van der Waals surface area contributed by atoms with Gasteiger partial charge in [-0.05, 0) is 37.8 Å². The molecule has 12 heteroatoms. The molecule has 1 aliphatic heterocycles. The van der Waals surface area contributed by atoms with Crippen LogP contribution in [0.25, 0.3) is 11.2 Å². The molecule has 0 N–H and O–H groups in total. The number of rotatable bonds is 6. The number of carbonyl (C=O) groups is 1. The van der Waals surface area contributed by atoms with Crippen molar-refractivity contribution in [3.63, 3.8) is 0 Å². The van der Waals surface area contributed by atoms with Crippen molar-refractivity contribution in [1.29, 1.82) is 0 Å². The minimum absolute atomic E-state index is 0.0181. The molecule has 1 saturated heterocycles. The molecule has 35 heavy (non-hydrogen) atoms. The molecule has 0 unspecified atom stereocenters. The molecule has 0 saturated carbocycles. The highest BCUT2D eigenvalue weighted by atomic mass is 35.5. The molecule has 0 aliphatic carbocycles. The van der Waals surface area contributed by atoms with Crippen LogP contribution in [0.3, 0.4) is 0 Å². The van der Waals surface area contributed by atoms with Crippen LogP contribution in [0.15, 0.2) is 52.5 Å². The largest absolute Gasteiger partial charge is 0.462 e. The van der Waals surface area contributed by atoms with E-state index in [0.29, 0.717) is 40.5 Å². The van der Waals surface area contributed by atoms with Crippen LogP contribution in [0.5, 0.6) is 0 Å². The van der Waals surface area contributed by atoms with Gasteiger partial charge in [0.2, 0.25) is 0 Å². The average Bonchev–Trinajstić information content (AvgIpc) is 3.19. The Balaban J connectivity index is 1.70. The Morgan fingerprint density at radius 2 is 1.97 bits per heavy atom. The fourth-order valence-corrected chi connectivity index (χ4v) is 4.96. The van der Waals surface area contributed by atoms with Crippen LogP contribution in [0, 0.1) is 0 Å². The van der Waals surface area contributed by atoms with Crippen molar-refractivity contribution < 1.29 is 9.53 Å². The lowest BCUT2D eigenvalue weighted by Crippen LogP contribution is -2.46. The first-order chi connectivity index (χ1) is 16.9. The molecule has 0 bridgehead atoms. The molecular weight excluding hydrogens is 511 g/mol. The summed E-state index contributed by atoms with van der Waals surface area (Å²) in [5.41, 5.74) is 0.740. The van der Waals surface area contributed by atoms with Crippen LogP contribution < -0.4 is 10.5 Å². The molecule has 1 aromatic carbocycles. The van der Waals surface area contributed by atoms with Crippen LogP contribution in [-0.2, 0) is 4.74 Å². The summed E-state index contributed by atoms with van der Waals surface area (Å²) < 4.78 is 8.27. The molecule has 1 fully saturated rings. The zero-order chi connectivity index (χ0) is 24.7. The van der Waals surface area contributed by atoms with Crippen molar-refractivity contribution >= 4 is 52.3 Å². The van der Waals surface area contributed by atoms with E-state index < -0.39 is 5.97 Å². The van der Waals surface area contributed by atoms with Gasteiger partial charge in [-0.15, -0.1) is 0 Å². The van der Waals surface area contributed by atoms with Crippen molar-refractivity contribution in [2.24, 2.45) is 0 Å². The SMILES string of the molecule is CCOC(=O)c1c(Cl)nc(SC)nc1N1CC[C@H]1c1nn2ccc(Cl)c2c(=O)n1-c1ccccc1. The summed E-state index contributed by atoms with van der Waals surface area (Å²) in [7, 11) is 0. The summed E-state index contributed by atoms with van der Waals surface area (Å²) >= 11 is 14.0. The molecule has 180 valence electrons. The number of thioether (sulfide) groups is 1. The molecule has 0 spiro atoms. The van der Waals surface area contributed by atoms with Crippen molar-refractivity contribution in [3.05, 3.63) is 74.5 Å². The normalized spacial score (nSPS) is 15.3. The Bertz CT molecular complexity index is 1490. The lowest BCUT2D eigenvalue weighted by atomic mass is 10.0. The van der Waals surface area contributed by atoms with E-state index in [-0.39, 0.29) is 34.4 Å². The second kappa shape index (κ2) is 9.52. The molecular formula is C23H20Cl2N6O3S. The molecule has 0 radical (unpaired) electrons. The summed E-state index contributed by atoms with van der Waals surface area (Å²) in [6.07, 6.45) is 4.15. The number of ether oxygens (including phenoxy) is 1. The second-order valence-corrected chi connectivity index (χ2v) is 9.25. The number of aromatic nitrogens is 5. The molecule has 3 aromatic heterocycles. The van der Waals surface area contributed by atoms with E-state index in [2.05, 4.69) is 9.97 Å². The van der Waals surface area contributed by atoms with E-state index in [0.717, 1.165) is 0 Å². The van der Waals surface area contributed by atoms with Crippen LogP contribution in [0.2, 0.25) is 10.2 Å². The molecule has 5 rings (SSSR count). The number of benzene rings is 1. The lowest BCUT2D eigenvalue weighted by molar-refractivity contribution is 0.0525. The van der Waals surface area contributed by atoms with Crippen molar-refractivity contribution in [2.45, 2.75) is 24.5 Å². The third-order valence-corrected chi connectivity index (χ3v) is 6.88. The maximum atomic E-state index is 13.6. The molecule has 4 heterocycles. The standard InChI is InChI=1S/C23H20Cl2N6O3S/c1-3-34-22(33)16-18(25)26-23(35-2)27-20(16)29-11-10-15(29)19-28-30-12-9-14(24)17(30)21(32)31(19)13-7-5-4-6-8-13/h4-9,12,15H,3,10-11H2,1-2H3/t15-/m0/s1. The van der Waals surface area contributed by atoms with Gasteiger partial charge < -0.3 is 9.64 Å². The third kappa shape index (κ3) is 4.05. The Kier molecular flexibility index (Phi) is 6.43. The van der Waals surface area contributed by atoms with Crippen LogP contribution in [0.4, 0.5) is 5.82 Å². The fraction of sp³-hybridized carbons (Fsp3) is 0.261. The Morgan fingerprint density at radius 1 is 1.20 bits per heavy atom. The maximum Gasteiger partial charge on any atom is 0.345 e. The minimum atomic E-state index is -0.605. The van der Waals surface area contributed by atoms with Gasteiger partial charge >= 0.3 is 5.97 Å². The highest BCUT2D eigenvalue weighted by Crippen LogP contribution is 2.40. The van der Waals surface area contributed by atoms with Gasteiger partial charge in [0, 0.05) is 12.7 Å². The second-order valence-electron chi connectivity index (χ2n) is 7.71. The molecule has 1 aliphatic rings. The monoisotopic (exact) mass is 530 g/mol. The Labute approximate surface area is 214 Å². The molecule has 1 atom stereocenters. The van der Waals surface area contributed by atoms with Gasteiger partial charge in [0.15, 0.2) is 11.0 Å². The average molecular weight is 531 g/mol. The number of hydrogen-bond acceptors (Lipinski definition) is 8. The van der Waals surface area contributed by atoms with E-state index in [1.807, 2.05) is 41.5 Å². The van der Waals surface area contributed by atoms with E-state index in [1.54, 1.807) is 23.8 Å². The predicted octanol–water partition coefficient (Wildman–Crippen LogP) is 4.43. The molecule has 0 amide bonds. The molecule has 9 nitrogen and oxygen atoms in total. The summed E-state index contributed by atoms with van der Waals surface area (Å²) in [6, 6.07) is 10.5. The zero-order valence-electron chi connectivity index (χ0n) is 18.8. The lowest BCUT2D eigenvalue weighted by Gasteiger charge is -2.42. The smallest absolute Gasteiger partial charge is 0.345 e. The number of halogens is 2. The van der Waals surface area contributed by atoms with Crippen molar-refractivity contribution in [1.82, 2.24) is 24.1 Å². The Morgan fingerprint density at radius 3 is 2.63 bits per heavy atom. The zero-order valence-corrected chi connectivity index (χ0v) is 21.1. The molecule has 4 aromatic rings. The Hall–Kier alpha value is -3.08. The summed E-state index contributed by atoms with van der Waals surface area (Å²) in [4.78, 5) is 37.1. The van der Waals surface area contributed by atoms with E-state index in [4.69, 9.17) is 33.0 Å². The van der Waals surface area contributed by atoms with Gasteiger partial charge in [-0.1, -0.05) is 53.2 Å². The van der Waals surface area contributed by atoms with Crippen LogP contribution in [-0.4, -0.2) is 49.5 Å². The van der Waals surface area contributed by atoms with Gasteiger partial charge in [-0.3, -0.25) is 9.36 Å². The van der Waals surface area contributed by atoms with E-state index in [1.165, 1.54) is 16.3 Å². The van der Waals surface area contributed by atoms with E-state index in [9.17, 15) is 9.59 Å². The maximum absolute atomic E-state index is 13.6. The van der Waals surface area contributed by atoms with Gasteiger partial charge in [-0.25, -0.2) is 19.3 Å². The highest BCUT2D eigenvalue weighted by Gasteiger charge is 2.39. The quantitative estimate of drug-likeness (QED) is 0.156. The topological polar surface area (TPSA) is 94.6 Å². The number of nitrogens with zero attached hydrogens (tertiary/aromatic N) is 6. The van der Waals surface area contributed by atoms with Crippen LogP contribution >= 0.6 is 35.0 Å². The highest BCUT2D eigenvalue weighted by molar-refractivity contribution is 7.98. The number of anilines is 1.